The van der Waals surface area contributed by atoms with Crippen LogP contribution in [0.2, 0.25) is 0 Å². The van der Waals surface area contributed by atoms with Gasteiger partial charge in [0.15, 0.2) is 0 Å². The Morgan fingerprint density at radius 3 is 2.92 bits per heavy atom. The van der Waals surface area contributed by atoms with Crippen molar-refractivity contribution in [2.75, 3.05) is 0 Å². The molecule has 3 atom stereocenters. The van der Waals surface area contributed by atoms with Gasteiger partial charge in [0, 0.05) is 5.92 Å². The Kier molecular flexibility index (Phi) is 2.22. The summed E-state index contributed by atoms with van der Waals surface area (Å²) in [7, 11) is 0. The SMILES string of the molecule is CC1CC[C@@H](O)[C@H]2CCCC=C12. The van der Waals surface area contributed by atoms with Crippen molar-refractivity contribution in [1.29, 1.82) is 0 Å². The molecule has 2 rings (SSSR count). The summed E-state index contributed by atoms with van der Waals surface area (Å²) in [4.78, 5) is 0. The lowest BCUT2D eigenvalue weighted by Crippen LogP contribution is -2.32. The summed E-state index contributed by atoms with van der Waals surface area (Å²) in [6, 6.07) is 0. The van der Waals surface area contributed by atoms with Crippen molar-refractivity contribution in [3.8, 4) is 0 Å². The Balaban J connectivity index is 2.19. The van der Waals surface area contributed by atoms with Gasteiger partial charge in [0.25, 0.3) is 0 Å². The van der Waals surface area contributed by atoms with Crippen LogP contribution in [-0.2, 0) is 0 Å². The van der Waals surface area contributed by atoms with Crippen LogP contribution in [0.4, 0.5) is 0 Å². The number of aliphatic hydroxyl groups is 1. The monoisotopic (exact) mass is 166 g/mol. The largest absolute Gasteiger partial charge is 0.393 e. The number of hydrogen-bond acceptors (Lipinski definition) is 1. The van der Waals surface area contributed by atoms with E-state index in [4.69, 9.17) is 0 Å². The number of rotatable bonds is 0. The lowest BCUT2D eigenvalue weighted by atomic mass is 9.71. The molecule has 0 spiro atoms. The standard InChI is InChI=1S/C11H18O/c1-8-6-7-11(12)10-5-3-2-4-9(8)10/h4,8,10-12H,2-3,5-7H2,1H3/t8?,10-,11+/m0/s1. The van der Waals surface area contributed by atoms with E-state index >= 15 is 0 Å². The van der Waals surface area contributed by atoms with Crippen LogP contribution in [0.1, 0.15) is 39.0 Å². The van der Waals surface area contributed by atoms with E-state index in [1.807, 2.05) is 0 Å². The molecule has 0 amide bonds. The average Bonchev–Trinajstić information content (AvgIpc) is 2.12. The summed E-state index contributed by atoms with van der Waals surface area (Å²) in [5.74, 6) is 1.25. The van der Waals surface area contributed by atoms with Crippen molar-refractivity contribution in [3.05, 3.63) is 11.6 Å². The minimum atomic E-state index is -0.0345. The topological polar surface area (TPSA) is 20.2 Å². The summed E-state index contributed by atoms with van der Waals surface area (Å²) < 4.78 is 0. The molecule has 0 radical (unpaired) electrons. The molecule has 1 unspecified atom stereocenters. The highest BCUT2D eigenvalue weighted by Crippen LogP contribution is 2.39. The molecule has 0 bridgehead atoms. The van der Waals surface area contributed by atoms with Gasteiger partial charge >= 0.3 is 0 Å². The Hall–Kier alpha value is -0.300. The van der Waals surface area contributed by atoms with Crippen LogP contribution in [0.15, 0.2) is 11.6 Å². The smallest absolute Gasteiger partial charge is 0.0605 e. The van der Waals surface area contributed by atoms with Crippen LogP contribution in [0.3, 0.4) is 0 Å². The van der Waals surface area contributed by atoms with E-state index in [9.17, 15) is 5.11 Å². The van der Waals surface area contributed by atoms with Crippen molar-refractivity contribution < 1.29 is 5.11 Å². The van der Waals surface area contributed by atoms with Gasteiger partial charge in [-0.15, -0.1) is 0 Å². The molecule has 68 valence electrons. The summed E-state index contributed by atoms with van der Waals surface area (Å²) in [5, 5.41) is 9.78. The minimum absolute atomic E-state index is 0.0345. The van der Waals surface area contributed by atoms with Gasteiger partial charge in [-0.1, -0.05) is 18.6 Å². The highest BCUT2D eigenvalue weighted by Gasteiger charge is 2.32. The molecule has 0 aromatic rings. The van der Waals surface area contributed by atoms with Crippen LogP contribution < -0.4 is 0 Å². The Bertz CT molecular complexity index is 195. The molecule has 0 aromatic carbocycles. The second kappa shape index (κ2) is 3.21. The van der Waals surface area contributed by atoms with Gasteiger partial charge in [0.1, 0.15) is 0 Å². The van der Waals surface area contributed by atoms with Gasteiger partial charge in [0.2, 0.25) is 0 Å². The Labute approximate surface area is 74.5 Å². The fraction of sp³-hybridized carbons (Fsp3) is 0.818. The molecule has 1 nitrogen and oxygen atoms in total. The van der Waals surface area contributed by atoms with Crippen molar-refractivity contribution in [3.63, 3.8) is 0 Å². The average molecular weight is 166 g/mol. The van der Waals surface area contributed by atoms with Crippen LogP contribution >= 0.6 is 0 Å². The molecule has 2 aliphatic rings. The quantitative estimate of drug-likeness (QED) is 0.548. The summed E-state index contributed by atoms with van der Waals surface area (Å²) in [6.45, 7) is 2.30. The highest BCUT2D eigenvalue weighted by atomic mass is 16.3. The molecular weight excluding hydrogens is 148 g/mol. The number of aliphatic hydroxyl groups excluding tert-OH is 1. The van der Waals surface area contributed by atoms with E-state index in [2.05, 4.69) is 13.0 Å². The van der Waals surface area contributed by atoms with Gasteiger partial charge in [-0.25, -0.2) is 0 Å². The van der Waals surface area contributed by atoms with Crippen molar-refractivity contribution >= 4 is 0 Å². The van der Waals surface area contributed by atoms with E-state index in [-0.39, 0.29) is 6.10 Å². The third kappa shape index (κ3) is 1.31. The minimum Gasteiger partial charge on any atom is -0.393 e. The molecule has 2 aliphatic carbocycles. The van der Waals surface area contributed by atoms with Gasteiger partial charge in [-0.05, 0) is 38.0 Å². The van der Waals surface area contributed by atoms with Crippen molar-refractivity contribution in [1.82, 2.24) is 0 Å². The lowest BCUT2D eigenvalue weighted by Gasteiger charge is -2.37. The maximum atomic E-state index is 9.78. The van der Waals surface area contributed by atoms with Crippen LogP contribution in [0, 0.1) is 11.8 Å². The molecule has 0 aromatic heterocycles. The number of hydrogen-bond donors (Lipinski definition) is 1. The fourth-order valence-corrected chi connectivity index (χ4v) is 2.69. The molecule has 0 heterocycles. The molecule has 1 saturated carbocycles. The second-order valence-electron chi connectivity index (χ2n) is 4.29. The Morgan fingerprint density at radius 2 is 2.17 bits per heavy atom. The number of allylic oxidation sites excluding steroid dienone is 1. The maximum absolute atomic E-state index is 9.78. The van der Waals surface area contributed by atoms with Gasteiger partial charge < -0.3 is 5.11 Å². The fourth-order valence-electron chi connectivity index (χ4n) is 2.69. The Morgan fingerprint density at radius 1 is 1.33 bits per heavy atom. The molecule has 1 N–H and O–H groups in total. The first-order valence-electron chi connectivity index (χ1n) is 5.17. The first kappa shape index (κ1) is 8.31. The van der Waals surface area contributed by atoms with E-state index in [0.717, 1.165) is 12.3 Å². The van der Waals surface area contributed by atoms with E-state index in [1.54, 1.807) is 5.57 Å². The zero-order chi connectivity index (χ0) is 8.55. The highest BCUT2D eigenvalue weighted by molar-refractivity contribution is 5.17. The zero-order valence-electron chi connectivity index (χ0n) is 7.79. The zero-order valence-corrected chi connectivity index (χ0v) is 7.79. The van der Waals surface area contributed by atoms with Crippen molar-refractivity contribution in [2.45, 2.75) is 45.1 Å². The van der Waals surface area contributed by atoms with Crippen LogP contribution in [0.25, 0.3) is 0 Å². The molecule has 0 saturated heterocycles. The third-order valence-corrected chi connectivity index (χ3v) is 3.46. The van der Waals surface area contributed by atoms with E-state index < -0.39 is 0 Å². The third-order valence-electron chi connectivity index (χ3n) is 3.46. The molecular formula is C11H18O. The number of fused-ring (bicyclic) bond motifs is 1. The molecule has 1 heteroatoms. The first-order chi connectivity index (χ1) is 5.79. The summed E-state index contributed by atoms with van der Waals surface area (Å²) in [5.41, 5.74) is 1.56. The summed E-state index contributed by atoms with van der Waals surface area (Å²) in [6.07, 6.45) is 8.28. The predicted octanol–water partition coefficient (Wildman–Crippen LogP) is 2.50. The van der Waals surface area contributed by atoms with Gasteiger partial charge in [-0.3, -0.25) is 0 Å². The van der Waals surface area contributed by atoms with Gasteiger partial charge in [-0.2, -0.15) is 0 Å². The van der Waals surface area contributed by atoms with Crippen molar-refractivity contribution in [2.24, 2.45) is 11.8 Å². The van der Waals surface area contributed by atoms with E-state index in [1.165, 1.54) is 25.7 Å². The normalized spacial score (nSPS) is 41.8. The lowest BCUT2D eigenvalue weighted by molar-refractivity contribution is 0.0777. The summed E-state index contributed by atoms with van der Waals surface area (Å²) >= 11 is 0. The first-order valence-corrected chi connectivity index (χ1v) is 5.17. The maximum Gasteiger partial charge on any atom is 0.0605 e. The second-order valence-corrected chi connectivity index (χ2v) is 4.29. The molecule has 1 fully saturated rings. The van der Waals surface area contributed by atoms with E-state index in [0.29, 0.717) is 5.92 Å². The molecule has 0 aliphatic heterocycles. The predicted molar refractivity (Wildman–Crippen MR) is 49.8 cm³/mol. The van der Waals surface area contributed by atoms with Gasteiger partial charge in [0.05, 0.1) is 6.10 Å². The molecule has 12 heavy (non-hydrogen) atoms. The van der Waals surface area contributed by atoms with Crippen LogP contribution in [0.5, 0.6) is 0 Å². The van der Waals surface area contributed by atoms with Crippen LogP contribution in [-0.4, -0.2) is 11.2 Å².